The number of aliphatic hydroxyl groups excluding tert-OH is 1. The number of carbonyl (C=O) groups excluding carboxylic acids is 3. The van der Waals surface area contributed by atoms with Gasteiger partial charge in [-0.2, -0.15) is 16.8 Å². The van der Waals surface area contributed by atoms with E-state index in [-0.39, 0.29) is 96.7 Å². The van der Waals surface area contributed by atoms with Crippen molar-refractivity contribution in [3.63, 3.8) is 0 Å². The maximum atomic E-state index is 12.9. The number of carbonyl (C=O) groups is 3. The Morgan fingerprint density at radius 1 is 0.600 bits per heavy atom. The number of ether oxygens (including phenoxy) is 7. The summed E-state index contributed by atoms with van der Waals surface area (Å²) in [5, 5.41) is 9.29. The number of amides is 3. The Kier molecular flexibility index (Phi) is 28.7. The fourth-order valence-corrected chi connectivity index (χ4v) is 12.6. The van der Waals surface area contributed by atoms with Crippen LogP contribution in [-0.4, -0.2) is 160 Å². The number of hydrogen-bond donors (Lipinski definition) is 1. The predicted molar refractivity (Wildman–Crippen MR) is 321 cm³/mol. The maximum absolute atomic E-state index is 12.9. The van der Waals surface area contributed by atoms with E-state index in [4.69, 9.17) is 41.5 Å². The number of benzene rings is 2. The Morgan fingerprint density at radius 2 is 0.953 bits per heavy atom. The standard InChI is InChI=1S/C23H37NO7S.C23H37NO6S.C16H29NO4.Na.H/c1-17-9-11-20(12-10-17)32(27,28)30-15-18(8-7-13-25)14-19-16-29-23(5,6)24(19)21(26)31-22(2,3)4;1-8-9-18(15-29-31(26,27)20-12-10-17(2)11-13-20)14-19-16-28-23(6,7)24(19)21(25)30-22(3,4)5;1-15(2,3)21-14(18)17-13(11-20-16(17,4)5)9-12-7-6-8-19-10-12;;/h9-12,18-19,25H,7-8,13-16H2,1-6H3;10-13,18-19H,8-9,14-16H2,1-7H3;12-13H,6-11H2,1-5H3;;/q;;;+1;-1/t2*18-,19+;12-,13+;;/m111../s1. The summed E-state index contributed by atoms with van der Waals surface area (Å²) in [6.07, 6.45) is 5.75. The Hall–Kier alpha value is -3.13. The van der Waals surface area contributed by atoms with Crippen molar-refractivity contribution in [3.8, 4) is 0 Å². The van der Waals surface area contributed by atoms with Crippen LogP contribution in [0.4, 0.5) is 14.4 Å². The van der Waals surface area contributed by atoms with Gasteiger partial charge >= 0.3 is 47.8 Å². The van der Waals surface area contributed by atoms with Crippen LogP contribution >= 0.6 is 0 Å². The molecule has 1 N–H and O–H groups in total. The molecule has 3 amide bonds. The normalized spacial score (nSPS) is 22.0. The second kappa shape index (κ2) is 32.1. The van der Waals surface area contributed by atoms with Crippen LogP contribution in [0.25, 0.3) is 0 Å². The molecule has 4 aliphatic rings. The van der Waals surface area contributed by atoms with E-state index in [2.05, 4.69) is 0 Å². The first kappa shape index (κ1) is 76.1. The molecule has 0 unspecified atom stereocenters. The minimum absolute atomic E-state index is 0. The molecule has 4 fully saturated rings. The van der Waals surface area contributed by atoms with Gasteiger partial charge < -0.3 is 39.7 Å². The van der Waals surface area contributed by atoms with E-state index in [1.54, 1.807) is 85.7 Å². The molecule has 4 saturated heterocycles. The molecule has 0 bridgehead atoms. The molecule has 0 spiro atoms. The van der Waals surface area contributed by atoms with Gasteiger partial charge in [0.1, 0.15) is 34.0 Å². The van der Waals surface area contributed by atoms with E-state index in [0.717, 1.165) is 50.0 Å². The summed E-state index contributed by atoms with van der Waals surface area (Å²) >= 11 is 0. The zero-order chi connectivity index (χ0) is 63.3. The van der Waals surface area contributed by atoms with Crippen molar-refractivity contribution < 1.29 is 109 Å². The van der Waals surface area contributed by atoms with E-state index in [9.17, 15) is 36.3 Å². The number of aryl methyl sites for hydroxylation is 2. The van der Waals surface area contributed by atoms with Crippen LogP contribution in [0.5, 0.6) is 0 Å². The molecule has 0 saturated carbocycles. The van der Waals surface area contributed by atoms with Gasteiger partial charge in [-0.15, -0.1) is 0 Å². The smallest absolute Gasteiger partial charge is 1.00 e. The predicted octanol–water partition coefficient (Wildman–Crippen LogP) is 9.02. The van der Waals surface area contributed by atoms with Gasteiger partial charge in [0, 0.05) is 19.8 Å². The Labute approximate surface area is 533 Å². The van der Waals surface area contributed by atoms with Crippen molar-refractivity contribution in [2.45, 2.75) is 244 Å². The van der Waals surface area contributed by atoms with E-state index in [0.29, 0.717) is 51.4 Å². The molecule has 23 heteroatoms. The summed E-state index contributed by atoms with van der Waals surface area (Å²) < 4.78 is 101. The Bertz CT molecular complexity index is 2640. The number of aliphatic hydroxyl groups is 1. The molecule has 2 aromatic carbocycles. The average molecular weight is 1250 g/mol. The summed E-state index contributed by atoms with van der Waals surface area (Å²) in [5.41, 5.74) is -2.07. The van der Waals surface area contributed by atoms with Crippen LogP contribution in [0.3, 0.4) is 0 Å². The third kappa shape index (κ3) is 24.6. The maximum Gasteiger partial charge on any atom is 1.00 e. The van der Waals surface area contributed by atoms with Crippen LogP contribution in [0.1, 0.15) is 181 Å². The van der Waals surface area contributed by atoms with Gasteiger partial charge in [-0.3, -0.25) is 23.1 Å². The summed E-state index contributed by atoms with van der Waals surface area (Å²) in [5.74, 6) is 0.263. The molecule has 6 rings (SSSR count). The van der Waals surface area contributed by atoms with Crippen LogP contribution in [-0.2, 0) is 61.8 Å². The van der Waals surface area contributed by atoms with Crippen molar-refractivity contribution in [1.82, 2.24) is 14.7 Å². The molecule has 4 aliphatic heterocycles. The summed E-state index contributed by atoms with van der Waals surface area (Å²) in [6, 6.07) is 12.6. The topological polar surface area (TPSA) is 233 Å². The third-order valence-electron chi connectivity index (χ3n) is 14.6. The van der Waals surface area contributed by atoms with Gasteiger partial charge in [0.15, 0.2) is 0 Å². The molecule has 85 heavy (non-hydrogen) atoms. The van der Waals surface area contributed by atoms with Crippen molar-refractivity contribution in [3.05, 3.63) is 59.7 Å². The first-order valence-electron chi connectivity index (χ1n) is 29.8. The van der Waals surface area contributed by atoms with Crippen molar-refractivity contribution in [2.24, 2.45) is 17.8 Å². The summed E-state index contributed by atoms with van der Waals surface area (Å²) in [4.78, 5) is 43.5. The molecular formula is C62H104N3NaO17S2. The zero-order valence-electron chi connectivity index (χ0n) is 55.7. The largest absolute Gasteiger partial charge is 1.00 e. The summed E-state index contributed by atoms with van der Waals surface area (Å²) in [6.45, 7) is 36.4. The SMILES string of the molecule is CC(C)(C)OC(=O)N1[C@@H](C[C@H]2CCCOC2)COC1(C)C.CCC[C@@H](COS(=O)(=O)c1ccc(C)cc1)C[C@H]1COC(C)(C)N1C(=O)OC(C)(C)C.Cc1ccc(S(=O)(=O)OC[C@H](CCCO)C[C@H]2COC(C)(C)N2C(=O)OC(C)(C)C)cc1.[H-].[Na+]. The van der Waals surface area contributed by atoms with Gasteiger partial charge in [-0.1, -0.05) is 48.7 Å². The number of nitrogens with zero attached hydrogens (tertiary/aromatic N) is 3. The van der Waals surface area contributed by atoms with Gasteiger partial charge in [0.05, 0.1) is 61.0 Å². The first-order valence-corrected chi connectivity index (χ1v) is 32.6. The van der Waals surface area contributed by atoms with Crippen LogP contribution in [0.2, 0.25) is 0 Å². The van der Waals surface area contributed by atoms with Crippen LogP contribution in [0.15, 0.2) is 58.3 Å². The van der Waals surface area contributed by atoms with Crippen molar-refractivity contribution in [1.29, 1.82) is 0 Å². The Balaban J connectivity index is 0.000000444. The molecule has 6 atom stereocenters. The molecule has 2 aromatic rings. The van der Waals surface area contributed by atoms with Gasteiger partial charge in [0.25, 0.3) is 20.2 Å². The van der Waals surface area contributed by atoms with Crippen molar-refractivity contribution >= 4 is 38.5 Å². The van der Waals surface area contributed by atoms with Crippen LogP contribution < -0.4 is 29.6 Å². The van der Waals surface area contributed by atoms with E-state index >= 15 is 0 Å². The van der Waals surface area contributed by atoms with E-state index in [1.807, 2.05) is 90.0 Å². The molecular weight excluding hydrogens is 1150 g/mol. The second-order valence-corrected chi connectivity index (χ2v) is 30.3. The second-order valence-electron chi connectivity index (χ2n) is 27.1. The Morgan fingerprint density at radius 3 is 1.28 bits per heavy atom. The molecule has 4 heterocycles. The monoisotopic (exact) mass is 1250 g/mol. The van der Waals surface area contributed by atoms with Gasteiger partial charge in [0.2, 0.25) is 0 Å². The molecule has 0 aromatic heterocycles. The number of rotatable bonds is 19. The third-order valence-corrected chi connectivity index (χ3v) is 17.2. The van der Waals surface area contributed by atoms with Gasteiger partial charge in [-0.05, 0) is 211 Å². The summed E-state index contributed by atoms with van der Waals surface area (Å²) in [7, 11) is -7.74. The molecule has 482 valence electrons. The van der Waals surface area contributed by atoms with Gasteiger partial charge in [-0.25, -0.2) is 14.4 Å². The first-order chi connectivity index (χ1) is 38.7. The molecule has 20 nitrogen and oxygen atoms in total. The molecule has 0 radical (unpaired) electrons. The quantitative estimate of drug-likeness (QED) is 0.0785. The van der Waals surface area contributed by atoms with E-state index in [1.165, 1.54) is 18.6 Å². The van der Waals surface area contributed by atoms with E-state index < -0.39 is 66.4 Å². The van der Waals surface area contributed by atoms with Crippen LogP contribution in [0, 0.1) is 31.6 Å². The average Bonchev–Trinajstić information content (AvgIpc) is 4.19. The number of hydrogen-bond acceptors (Lipinski definition) is 17. The molecule has 0 aliphatic carbocycles. The van der Waals surface area contributed by atoms with Crippen molar-refractivity contribution in [2.75, 3.05) is 52.9 Å². The fourth-order valence-electron chi connectivity index (χ4n) is 10.6. The zero-order valence-corrected chi connectivity index (χ0v) is 58.4. The minimum atomic E-state index is -3.91. The fraction of sp³-hybridized carbons (Fsp3) is 0.758. The minimum Gasteiger partial charge on any atom is -1.00 e.